The van der Waals surface area contributed by atoms with Crippen molar-refractivity contribution in [1.82, 2.24) is 0 Å². The quantitative estimate of drug-likeness (QED) is 0.816. The van der Waals surface area contributed by atoms with E-state index in [9.17, 15) is 9.18 Å². The molecule has 0 saturated carbocycles. The topological polar surface area (TPSA) is 35.5 Å². The van der Waals surface area contributed by atoms with E-state index in [2.05, 4.69) is 0 Å². The van der Waals surface area contributed by atoms with Crippen LogP contribution in [-0.2, 0) is 11.2 Å². The first-order chi connectivity index (χ1) is 10.1. The van der Waals surface area contributed by atoms with E-state index in [1.807, 2.05) is 0 Å². The molecule has 0 aromatic heterocycles. The molecule has 0 aliphatic rings. The van der Waals surface area contributed by atoms with Crippen LogP contribution in [0.3, 0.4) is 0 Å². The first-order valence-corrected chi connectivity index (χ1v) is 6.69. The van der Waals surface area contributed by atoms with Crippen molar-refractivity contribution in [2.75, 3.05) is 13.7 Å². The Labute approximate surface area is 127 Å². The second-order valence-corrected chi connectivity index (χ2v) is 4.87. The minimum Gasteiger partial charge on any atom is -0.494 e. The highest BCUT2D eigenvalue weighted by Crippen LogP contribution is 2.19. The Kier molecular flexibility index (Phi) is 5.17. The van der Waals surface area contributed by atoms with Crippen LogP contribution in [0.2, 0.25) is 5.02 Å². The molecule has 0 radical (unpaired) electrons. The molecule has 0 unspecified atom stereocenters. The fourth-order valence-corrected chi connectivity index (χ4v) is 2.00. The first-order valence-electron chi connectivity index (χ1n) is 6.31. The van der Waals surface area contributed by atoms with Crippen molar-refractivity contribution in [3.05, 3.63) is 58.9 Å². The van der Waals surface area contributed by atoms with Crippen molar-refractivity contribution in [3.8, 4) is 11.5 Å². The molecular formula is C16H14ClFO3. The van der Waals surface area contributed by atoms with E-state index < -0.39 is 5.82 Å². The highest BCUT2D eigenvalue weighted by molar-refractivity contribution is 6.30. The second kappa shape index (κ2) is 7.09. The second-order valence-electron chi connectivity index (χ2n) is 4.43. The van der Waals surface area contributed by atoms with Gasteiger partial charge in [0.05, 0.1) is 7.11 Å². The lowest BCUT2D eigenvalue weighted by atomic mass is 10.1. The normalized spacial score (nSPS) is 10.2. The number of hydrogen-bond acceptors (Lipinski definition) is 3. The standard InChI is InChI=1S/C16H14ClFO3/c1-20-16-6-5-11(8-15(16)18)7-13(19)10-21-14-4-2-3-12(17)9-14/h2-6,8-9H,7,10H2,1H3. The number of ketones is 1. The Balaban J connectivity index is 1.91. The molecular weight excluding hydrogens is 295 g/mol. The average molecular weight is 309 g/mol. The number of carbonyl (C=O) groups excluding carboxylic acids is 1. The summed E-state index contributed by atoms with van der Waals surface area (Å²) in [6.45, 7) is -0.0893. The van der Waals surface area contributed by atoms with Gasteiger partial charge in [-0.05, 0) is 35.9 Å². The van der Waals surface area contributed by atoms with Crippen molar-refractivity contribution in [3.63, 3.8) is 0 Å². The molecule has 0 bridgehead atoms. The molecule has 2 aromatic rings. The van der Waals surface area contributed by atoms with Crippen LogP contribution in [-0.4, -0.2) is 19.5 Å². The third kappa shape index (κ3) is 4.46. The Morgan fingerprint density at radius 2 is 2.05 bits per heavy atom. The molecule has 0 aliphatic heterocycles. The smallest absolute Gasteiger partial charge is 0.174 e. The average Bonchev–Trinajstić information content (AvgIpc) is 2.45. The number of carbonyl (C=O) groups is 1. The van der Waals surface area contributed by atoms with Gasteiger partial charge in [-0.2, -0.15) is 0 Å². The maximum Gasteiger partial charge on any atom is 0.174 e. The summed E-state index contributed by atoms with van der Waals surface area (Å²) in [6.07, 6.45) is 0.0987. The Morgan fingerprint density at radius 3 is 2.71 bits per heavy atom. The van der Waals surface area contributed by atoms with E-state index in [0.717, 1.165) is 0 Å². The van der Waals surface area contributed by atoms with E-state index >= 15 is 0 Å². The Hall–Kier alpha value is -2.07. The number of halogens is 2. The van der Waals surface area contributed by atoms with Gasteiger partial charge >= 0.3 is 0 Å². The molecule has 0 saturated heterocycles. The Morgan fingerprint density at radius 1 is 1.24 bits per heavy atom. The molecule has 3 nitrogen and oxygen atoms in total. The summed E-state index contributed by atoms with van der Waals surface area (Å²) >= 11 is 5.82. The molecule has 0 heterocycles. The molecule has 2 rings (SSSR count). The third-order valence-electron chi connectivity index (χ3n) is 2.81. The number of hydrogen-bond donors (Lipinski definition) is 0. The number of Topliss-reactive ketones (excluding diaryl/α,β-unsaturated/α-hetero) is 1. The van der Waals surface area contributed by atoms with Crippen molar-refractivity contribution >= 4 is 17.4 Å². The van der Waals surface area contributed by atoms with Gasteiger partial charge in [-0.1, -0.05) is 23.7 Å². The fraction of sp³-hybridized carbons (Fsp3) is 0.188. The van der Waals surface area contributed by atoms with Gasteiger partial charge < -0.3 is 9.47 Å². The predicted octanol–water partition coefficient (Wildman–Crippen LogP) is 3.68. The molecule has 0 N–H and O–H groups in total. The minimum atomic E-state index is -0.487. The zero-order valence-electron chi connectivity index (χ0n) is 11.4. The highest BCUT2D eigenvalue weighted by atomic mass is 35.5. The first kappa shape index (κ1) is 15.3. The van der Waals surface area contributed by atoms with Crippen molar-refractivity contribution in [2.45, 2.75) is 6.42 Å². The number of benzene rings is 2. The van der Waals surface area contributed by atoms with Gasteiger partial charge in [0.15, 0.2) is 17.3 Å². The number of rotatable bonds is 6. The summed E-state index contributed by atoms with van der Waals surface area (Å²) < 4.78 is 23.7. The fourth-order valence-electron chi connectivity index (χ4n) is 1.82. The zero-order chi connectivity index (χ0) is 15.2. The molecule has 0 fully saturated rings. The van der Waals surface area contributed by atoms with E-state index in [1.54, 1.807) is 30.3 Å². The maximum atomic E-state index is 13.5. The van der Waals surface area contributed by atoms with Gasteiger partial charge in [0.2, 0.25) is 0 Å². The monoisotopic (exact) mass is 308 g/mol. The van der Waals surface area contributed by atoms with Crippen LogP contribution < -0.4 is 9.47 Å². The lowest BCUT2D eigenvalue weighted by Gasteiger charge is -2.07. The number of ether oxygens (including phenoxy) is 2. The van der Waals surface area contributed by atoms with Crippen LogP contribution in [0.4, 0.5) is 4.39 Å². The predicted molar refractivity (Wildman–Crippen MR) is 78.6 cm³/mol. The van der Waals surface area contributed by atoms with Gasteiger partial charge in [-0.15, -0.1) is 0 Å². The van der Waals surface area contributed by atoms with Gasteiger partial charge in [0, 0.05) is 11.4 Å². The summed E-state index contributed by atoms with van der Waals surface area (Å²) in [5.74, 6) is 0.0382. The van der Waals surface area contributed by atoms with Gasteiger partial charge in [-0.3, -0.25) is 4.79 Å². The summed E-state index contributed by atoms with van der Waals surface area (Å²) in [5.41, 5.74) is 0.577. The van der Waals surface area contributed by atoms with E-state index in [1.165, 1.54) is 19.2 Å². The van der Waals surface area contributed by atoms with E-state index in [4.69, 9.17) is 21.1 Å². The highest BCUT2D eigenvalue weighted by Gasteiger charge is 2.08. The van der Waals surface area contributed by atoms with Crippen LogP contribution in [0.5, 0.6) is 11.5 Å². The van der Waals surface area contributed by atoms with Crippen LogP contribution in [0.25, 0.3) is 0 Å². The van der Waals surface area contributed by atoms with Crippen molar-refractivity contribution in [1.29, 1.82) is 0 Å². The lowest BCUT2D eigenvalue weighted by Crippen LogP contribution is -2.14. The molecule has 110 valence electrons. The SMILES string of the molecule is COc1ccc(CC(=O)COc2cccc(Cl)c2)cc1F. The molecule has 0 aliphatic carbocycles. The zero-order valence-corrected chi connectivity index (χ0v) is 12.2. The van der Waals surface area contributed by atoms with Gasteiger partial charge in [0.25, 0.3) is 0 Å². The van der Waals surface area contributed by atoms with Crippen LogP contribution >= 0.6 is 11.6 Å². The lowest BCUT2D eigenvalue weighted by molar-refractivity contribution is -0.120. The summed E-state index contributed by atoms with van der Waals surface area (Å²) in [4.78, 5) is 11.8. The van der Waals surface area contributed by atoms with Crippen molar-refractivity contribution < 1.29 is 18.7 Å². The van der Waals surface area contributed by atoms with Gasteiger partial charge in [-0.25, -0.2) is 4.39 Å². The molecule has 0 atom stereocenters. The minimum absolute atomic E-state index is 0.0893. The third-order valence-corrected chi connectivity index (χ3v) is 3.05. The van der Waals surface area contributed by atoms with Gasteiger partial charge in [0.1, 0.15) is 12.4 Å². The molecule has 21 heavy (non-hydrogen) atoms. The maximum absolute atomic E-state index is 13.5. The van der Waals surface area contributed by atoms with Crippen molar-refractivity contribution in [2.24, 2.45) is 0 Å². The van der Waals surface area contributed by atoms with Crippen LogP contribution in [0.1, 0.15) is 5.56 Å². The Bertz CT molecular complexity index is 643. The summed E-state index contributed by atoms with van der Waals surface area (Å²) in [7, 11) is 1.39. The van der Waals surface area contributed by atoms with E-state index in [-0.39, 0.29) is 24.6 Å². The largest absolute Gasteiger partial charge is 0.494 e. The summed E-state index contributed by atoms with van der Waals surface area (Å²) in [5, 5.41) is 0.539. The molecule has 2 aromatic carbocycles. The number of methoxy groups -OCH3 is 1. The molecule has 0 amide bonds. The molecule has 0 spiro atoms. The summed E-state index contributed by atoms with van der Waals surface area (Å²) in [6, 6.07) is 11.2. The van der Waals surface area contributed by atoms with E-state index in [0.29, 0.717) is 16.3 Å². The van der Waals surface area contributed by atoms with Crippen LogP contribution in [0, 0.1) is 5.82 Å². The molecule has 5 heteroatoms. The van der Waals surface area contributed by atoms with Crippen LogP contribution in [0.15, 0.2) is 42.5 Å².